The fraction of sp³-hybridized carbons (Fsp3) is 0.154. The van der Waals surface area contributed by atoms with Crippen molar-refractivity contribution in [2.24, 2.45) is 12.1 Å². The van der Waals surface area contributed by atoms with E-state index in [2.05, 4.69) is 46.0 Å². The number of para-hydroxylation sites is 1. The van der Waals surface area contributed by atoms with Gasteiger partial charge in [0, 0.05) is 29.2 Å². The number of fused-ring (bicyclic) bond motifs is 1. The van der Waals surface area contributed by atoms with Gasteiger partial charge >= 0.3 is 0 Å². The van der Waals surface area contributed by atoms with Gasteiger partial charge in [0.05, 0.1) is 6.21 Å². The molecule has 2 aromatic heterocycles. The number of nitrogens with zero attached hydrogens (tertiary/aromatic N) is 5. The van der Waals surface area contributed by atoms with Crippen LogP contribution in [0.4, 0.5) is 0 Å². The van der Waals surface area contributed by atoms with Crippen molar-refractivity contribution in [2.75, 3.05) is 0 Å². The molecule has 0 aliphatic heterocycles. The lowest BCUT2D eigenvalue weighted by atomic mass is 10.1. The molecule has 0 bridgehead atoms. The predicted molar refractivity (Wildman–Crippen MR) is 77.9 cm³/mol. The lowest BCUT2D eigenvalue weighted by molar-refractivity contribution is 0.876. The lowest BCUT2D eigenvalue weighted by Gasteiger charge is -1.97. The SMILES string of the molecule is Cc1c(C=Nn2cnnc2)c2ccccc2n1C.Cl. The first-order valence-electron chi connectivity index (χ1n) is 5.70. The van der Waals surface area contributed by atoms with E-state index in [4.69, 9.17) is 0 Å². The van der Waals surface area contributed by atoms with Crippen LogP contribution in [-0.2, 0) is 7.05 Å². The van der Waals surface area contributed by atoms with Crippen LogP contribution in [0.3, 0.4) is 0 Å². The second kappa shape index (κ2) is 5.24. The Kier molecular flexibility index (Phi) is 3.66. The van der Waals surface area contributed by atoms with E-state index in [1.807, 2.05) is 18.3 Å². The van der Waals surface area contributed by atoms with Crippen LogP contribution in [0, 0.1) is 6.92 Å². The zero-order valence-electron chi connectivity index (χ0n) is 10.7. The molecule has 5 nitrogen and oxygen atoms in total. The number of halogens is 1. The second-order valence-corrected chi connectivity index (χ2v) is 4.16. The van der Waals surface area contributed by atoms with Gasteiger partial charge in [-0.1, -0.05) is 18.2 Å². The third kappa shape index (κ3) is 2.24. The fourth-order valence-electron chi connectivity index (χ4n) is 2.09. The van der Waals surface area contributed by atoms with Gasteiger partial charge in [0.2, 0.25) is 0 Å². The standard InChI is InChI=1S/C13H13N5.ClH/c1-10-12(7-16-18-8-14-15-9-18)11-5-3-4-6-13(11)17(10)2;/h3-9H,1-2H3;1H. The zero-order chi connectivity index (χ0) is 12.5. The molecule has 0 aliphatic carbocycles. The lowest BCUT2D eigenvalue weighted by Crippen LogP contribution is -1.93. The summed E-state index contributed by atoms with van der Waals surface area (Å²) in [6.07, 6.45) is 4.98. The summed E-state index contributed by atoms with van der Waals surface area (Å²) in [6.45, 7) is 2.09. The average molecular weight is 276 g/mol. The molecule has 0 aliphatic rings. The molecule has 19 heavy (non-hydrogen) atoms. The smallest absolute Gasteiger partial charge is 0.141 e. The monoisotopic (exact) mass is 275 g/mol. The molecule has 3 aromatic rings. The van der Waals surface area contributed by atoms with Gasteiger partial charge in [-0.15, -0.1) is 22.6 Å². The molecule has 0 atom stereocenters. The van der Waals surface area contributed by atoms with Crippen LogP contribution in [0.2, 0.25) is 0 Å². The maximum atomic E-state index is 4.31. The van der Waals surface area contributed by atoms with E-state index < -0.39 is 0 Å². The number of hydrogen-bond acceptors (Lipinski definition) is 3. The van der Waals surface area contributed by atoms with Crippen LogP contribution < -0.4 is 0 Å². The molecule has 0 spiro atoms. The minimum atomic E-state index is 0. The summed E-state index contributed by atoms with van der Waals surface area (Å²) < 4.78 is 3.75. The minimum absolute atomic E-state index is 0. The third-order valence-electron chi connectivity index (χ3n) is 3.18. The number of aryl methyl sites for hydroxylation is 1. The number of rotatable bonds is 2. The molecule has 0 unspecified atom stereocenters. The maximum absolute atomic E-state index is 4.31. The molecule has 0 fully saturated rings. The summed E-state index contributed by atoms with van der Waals surface area (Å²) in [5.74, 6) is 0. The third-order valence-corrected chi connectivity index (χ3v) is 3.18. The Morgan fingerprint density at radius 2 is 1.84 bits per heavy atom. The van der Waals surface area contributed by atoms with Crippen LogP contribution in [0.5, 0.6) is 0 Å². The minimum Gasteiger partial charge on any atom is -0.347 e. The number of aromatic nitrogens is 4. The summed E-state index contributed by atoms with van der Waals surface area (Å²) >= 11 is 0. The molecule has 98 valence electrons. The normalized spacial score (nSPS) is 11.1. The molecule has 6 heteroatoms. The first-order valence-corrected chi connectivity index (χ1v) is 5.70. The number of benzene rings is 1. The van der Waals surface area contributed by atoms with Gasteiger partial charge in [0.1, 0.15) is 12.7 Å². The van der Waals surface area contributed by atoms with E-state index in [-0.39, 0.29) is 12.4 Å². The molecule has 0 radical (unpaired) electrons. The molecule has 0 N–H and O–H groups in total. The fourth-order valence-corrected chi connectivity index (χ4v) is 2.09. The summed E-state index contributed by atoms with van der Waals surface area (Å²) in [7, 11) is 2.06. The quantitative estimate of drug-likeness (QED) is 0.674. The second-order valence-electron chi connectivity index (χ2n) is 4.16. The van der Waals surface area contributed by atoms with Gasteiger partial charge in [-0.05, 0) is 13.0 Å². The largest absolute Gasteiger partial charge is 0.347 e. The first-order chi connectivity index (χ1) is 8.77. The molecule has 0 amide bonds. The predicted octanol–water partition coefficient (Wildman–Crippen LogP) is 2.38. The summed E-state index contributed by atoms with van der Waals surface area (Å²) in [5.41, 5.74) is 3.52. The van der Waals surface area contributed by atoms with Gasteiger partial charge in [-0.2, -0.15) is 5.10 Å². The summed E-state index contributed by atoms with van der Waals surface area (Å²) in [6, 6.07) is 8.30. The van der Waals surface area contributed by atoms with Crippen molar-refractivity contribution < 1.29 is 0 Å². The summed E-state index contributed by atoms with van der Waals surface area (Å²) in [4.78, 5) is 0. The van der Waals surface area contributed by atoms with Gasteiger partial charge in [0.25, 0.3) is 0 Å². The molecule has 2 heterocycles. The Bertz CT molecular complexity index is 712. The van der Waals surface area contributed by atoms with Crippen molar-refractivity contribution >= 4 is 29.5 Å². The van der Waals surface area contributed by atoms with Crippen LogP contribution in [0.1, 0.15) is 11.3 Å². The van der Waals surface area contributed by atoms with E-state index in [0.29, 0.717) is 0 Å². The molecule has 3 rings (SSSR count). The first kappa shape index (κ1) is 13.3. The Morgan fingerprint density at radius 3 is 2.58 bits per heavy atom. The van der Waals surface area contributed by atoms with Crippen LogP contribution in [0.25, 0.3) is 10.9 Å². The highest BCUT2D eigenvalue weighted by atomic mass is 35.5. The molecule has 1 aromatic carbocycles. The van der Waals surface area contributed by atoms with Crippen molar-refractivity contribution in [2.45, 2.75) is 6.92 Å². The molecule has 0 saturated carbocycles. The molecular formula is C13H14ClN5. The number of hydrogen-bond donors (Lipinski definition) is 0. The van der Waals surface area contributed by atoms with E-state index >= 15 is 0 Å². The van der Waals surface area contributed by atoms with E-state index in [0.717, 1.165) is 5.56 Å². The Labute approximate surface area is 117 Å². The molecular weight excluding hydrogens is 262 g/mol. The summed E-state index contributed by atoms with van der Waals surface area (Å²) in [5, 5.41) is 13.0. The Morgan fingerprint density at radius 1 is 1.16 bits per heavy atom. The van der Waals surface area contributed by atoms with Crippen molar-refractivity contribution in [3.05, 3.63) is 48.2 Å². The molecule has 0 saturated heterocycles. The Hall–Kier alpha value is -2.14. The highest BCUT2D eigenvalue weighted by molar-refractivity contribution is 6.01. The van der Waals surface area contributed by atoms with Gasteiger partial charge in [0.15, 0.2) is 0 Å². The van der Waals surface area contributed by atoms with Crippen molar-refractivity contribution in [1.82, 2.24) is 19.4 Å². The average Bonchev–Trinajstić information content (AvgIpc) is 2.98. The van der Waals surface area contributed by atoms with Crippen molar-refractivity contribution in [3.63, 3.8) is 0 Å². The van der Waals surface area contributed by atoms with Gasteiger partial charge in [-0.3, -0.25) is 0 Å². The van der Waals surface area contributed by atoms with E-state index in [9.17, 15) is 0 Å². The maximum Gasteiger partial charge on any atom is 0.141 e. The van der Waals surface area contributed by atoms with Crippen molar-refractivity contribution in [3.8, 4) is 0 Å². The highest BCUT2D eigenvalue weighted by Gasteiger charge is 2.08. The highest BCUT2D eigenvalue weighted by Crippen LogP contribution is 2.22. The van der Waals surface area contributed by atoms with Gasteiger partial charge in [-0.25, -0.2) is 4.68 Å². The van der Waals surface area contributed by atoms with E-state index in [1.165, 1.54) is 16.6 Å². The zero-order valence-corrected chi connectivity index (χ0v) is 11.5. The van der Waals surface area contributed by atoms with Crippen molar-refractivity contribution in [1.29, 1.82) is 0 Å². The van der Waals surface area contributed by atoms with Crippen LogP contribution in [0.15, 0.2) is 42.0 Å². The van der Waals surface area contributed by atoms with E-state index in [1.54, 1.807) is 17.3 Å². The van der Waals surface area contributed by atoms with Crippen LogP contribution >= 0.6 is 12.4 Å². The van der Waals surface area contributed by atoms with Gasteiger partial charge < -0.3 is 4.57 Å². The Balaban J connectivity index is 0.00000133. The van der Waals surface area contributed by atoms with Crippen LogP contribution in [-0.4, -0.2) is 25.7 Å². The topological polar surface area (TPSA) is 48.0 Å².